The number of ether oxygens (including phenoxy) is 3. The molecule has 0 saturated carbocycles. The largest absolute Gasteiger partial charge is 0.481 e. The number of rotatable bonds is 7. The predicted molar refractivity (Wildman–Crippen MR) is 104 cm³/mol. The van der Waals surface area contributed by atoms with E-state index >= 15 is 0 Å². The van der Waals surface area contributed by atoms with Gasteiger partial charge in [0.25, 0.3) is 0 Å². The molecular formula is C16H19N5O7S. The molecule has 12 nitrogen and oxygen atoms in total. The highest BCUT2D eigenvalue weighted by Gasteiger charge is 2.17. The van der Waals surface area contributed by atoms with Crippen LogP contribution in [0.1, 0.15) is 10.4 Å². The van der Waals surface area contributed by atoms with Crippen molar-refractivity contribution in [3.63, 3.8) is 0 Å². The van der Waals surface area contributed by atoms with Gasteiger partial charge in [-0.25, -0.2) is 18.0 Å². The van der Waals surface area contributed by atoms with Gasteiger partial charge in [-0.2, -0.15) is 9.97 Å². The van der Waals surface area contributed by atoms with Gasteiger partial charge in [0.05, 0.1) is 50.6 Å². The second kappa shape index (κ2) is 9.05. The zero-order valence-electron chi connectivity index (χ0n) is 16.0. The summed E-state index contributed by atoms with van der Waals surface area (Å²) in [6, 6.07) is 4.53. The summed E-state index contributed by atoms with van der Waals surface area (Å²) in [7, 11) is 0.371. The standard InChI is InChI=1S/C16H19N5O7S/c1-26-12-8-13(27-2)19-15(18-12)20-16(23)17-11-7-9(21-29(4,24)25)5-6-10(11)14(22)28-3/h5-8,21H,1-4H3,(H2,17,18,19,20,23). The number of anilines is 3. The summed E-state index contributed by atoms with van der Waals surface area (Å²) in [6.45, 7) is 0. The number of carbonyl (C=O) groups is 2. The molecular weight excluding hydrogens is 406 g/mol. The van der Waals surface area contributed by atoms with Crippen molar-refractivity contribution in [2.45, 2.75) is 0 Å². The predicted octanol–water partition coefficient (Wildman–Crippen LogP) is 1.30. The van der Waals surface area contributed by atoms with Crippen LogP contribution in [0, 0.1) is 0 Å². The van der Waals surface area contributed by atoms with Crippen molar-refractivity contribution < 1.29 is 32.2 Å². The smallest absolute Gasteiger partial charge is 0.339 e. The van der Waals surface area contributed by atoms with Crippen LogP contribution in [0.3, 0.4) is 0 Å². The molecule has 0 atom stereocenters. The molecule has 0 saturated heterocycles. The summed E-state index contributed by atoms with van der Waals surface area (Å²) in [6.07, 6.45) is 0.967. The molecule has 0 aliphatic rings. The van der Waals surface area contributed by atoms with Crippen LogP contribution in [0.5, 0.6) is 11.8 Å². The minimum atomic E-state index is -3.57. The molecule has 0 aliphatic heterocycles. The topological polar surface area (TPSA) is 158 Å². The van der Waals surface area contributed by atoms with Crippen molar-refractivity contribution in [3.8, 4) is 11.8 Å². The van der Waals surface area contributed by atoms with Gasteiger partial charge in [-0.3, -0.25) is 10.0 Å². The van der Waals surface area contributed by atoms with Crippen LogP contribution in [0.4, 0.5) is 22.1 Å². The molecule has 0 spiro atoms. The van der Waals surface area contributed by atoms with E-state index in [4.69, 9.17) is 9.47 Å². The Hall–Kier alpha value is -3.61. The molecule has 1 aromatic heterocycles. The minimum absolute atomic E-state index is 0.00198. The molecule has 2 amide bonds. The van der Waals surface area contributed by atoms with Crippen LogP contribution in [-0.4, -0.2) is 58.0 Å². The second-order valence-corrected chi connectivity index (χ2v) is 7.23. The Labute approximate surface area is 166 Å². The lowest BCUT2D eigenvalue weighted by molar-refractivity contribution is 0.0602. The maximum atomic E-state index is 12.4. The first kappa shape index (κ1) is 21.7. The summed E-state index contributed by atoms with van der Waals surface area (Å²) in [5.74, 6) is -0.544. The van der Waals surface area contributed by atoms with E-state index in [-0.39, 0.29) is 34.6 Å². The second-order valence-electron chi connectivity index (χ2n) is 5.48. The number of hydrogen-bond acceptors (Lipinski definition) is 9. The number of nitrogens with one attached hydrogen (secondary N) is 3. The summed E-state index contributed by atoms with van der Waals surface area (Å²) < 4.78 is 39.8. The third-order valence-corrected chi connectivity index (χ3v) is 3.91. The van der Waals surface area contributed by atoms with Gasteiger partial charge in [-0.15, -0.1) is 0 Å². The van der Waals surface area contributed by atoms with E-state index in [0.717, 1.165) is 6.26 Å². The lowest BCUT2D eigenvalue weighted by Crippen LogP contribution is -2.23. The van der Waals surface area contributed by atoms with E-state index in [9.17, 15) is 18.0 Å². The fourth-order valence-corrected chi connectivity index (χ4v) is 2.69. The van der Waals surface area contributed by atoms with Crippen molar-refractivity contribution in [2.75, 3.05) is 42.9 Å². The first-order chi connectivity index (χ1) is 13.6. The number of hydrogen-bond donors (Lipinski definition) is 3. The van der Waals surface area contributed by atoms with Gasteiger partial charge in [-0.05, 0) is 18.2 Å². The van der Waals surface area contributed by atoms with Crippen molar-refractivity contribution >= 4 is 39.3 Å². The quantitative estimate of drug-likeness (QED) is 0.556. The van der Waals surface area contributed by atoms with Gasteiger partial charge in [0, 0.05) is 0 Å². The molecule has 2 aromatic rings. The molecule has 156 valence electrons. The Morgan fingerprint density at radius 3 is 2.10 bits per heavy atom. The molecule has 1 heterocycles. The van der Waals surface area contributed by atoms with Crippen LogP contribution < -0.4 is 24.8 Å². The van der Waals surface area contributed by atoms with Gasteiger partial charge < -0.3 is 19.5 Å². The van der Waals surface area contributed by atoms with Crippen LogP contribution in [0.2, 0.25) is 0 Å². The summed E-state index contributed by atoms with van der Waals surface area (Å²) in [5.41, 5.74) is 0.137. The molecule has 13 heteroatoms. The number of benzene rings is 1. The fraction of sp³-hybridized carbons (Fsp3) is 0.250. The van der Waals surface area contributed by atoms with Crippen LogP contribution in [0.15, 0.2) is 24.3 Å². The van der Waals surface area contributed by atoms with E-state index in [0.29, 0.717) is 0 Å². The molecule has 3 N–H and O–H groups in total. The van der Waals surface area contributed by atoms with E-state index in [1.54, 1.807) is 0 Å². The number of amides is 2. The number of aromatic nitrogens is 2. The molecule has 0 aliphatic carbocycles. The van der Waals surface area contributed by atoms with Gasteiger partial charge in [0.15, 0.2) is 0 Å². The van der Waals surface area contributed by atoms with Crippen LogP contribution in [-0.2, 0) is 14.8 Å². The van der Waals surface area contributed by atoms with Crippen molar-refractivity contribution in [1.29, 1.82) is 0 Å². The van der Waals surface area contributed by atoms with E-state index in [1.807, 2.05) is 0 Å². The maximum Gasteiger partial charge on any atom is 0.339 e. The van der Waals surface area contributed by atoms with Crippen molar-refractivity contribution in [2.24, 2.45) is 0 Å². The Bertz CT molecular complexity index is 1000. The molecule has 2 rings (SSSR count). The Balaban J connectivity index is 2.30. The van der Waals surface area contributed by atoms with Gasteiger partial charge in [0.1, 0.15) is 0 Å². The summed E-state index contributed by atoms with van der Waals surface area (Å²) in [4.78, 5) is 32.2. The molecule has 0 fully saturated rings. The lowest BCUT2D eigenvalue weighted by atomic mass is 10.1. The average molecular weight is 425 g/mol. The first-order valence-electron chi connectivity index (χ1n) is 7.90. The van der Waals surface area contributed by atoms with Gasteiger partial charge in [-0.1, -0.05) is 0 Å². The van der Waals surface area contributed by atoms with E-state index in [1.165, 1.54) is 45.6 Å². The summed E-state index contributed by atoms with van der Waals surface area (Å²) in [5, 5.41) is 4.80. The average Bonchev–Trinajstić information content (AvgIpc) is 2.65. The molecule has 1 aromatic carbocycles. The highest BCUT2D eigenvalue weighted by Crippen LogP contribution is 2.23. The van der Waals surface area contributed by atoms with E-state index in [2.05, 4.69) is 30.1 Å². The Morgan fingerprint density at radius 1 is 0.966 bits per heavy atom. The van der Waals surface area contributed by atoms with Gasteiger partial charge in [0.2, 0.25) is 27.7 Å². The normalized spacial score (nSPS) is 10.6. The number of urea groups is 1. The SMILES string of the molecule is COC(=O)c1ccc(NS(C)(=O)=O)cc1NC(=O)Nc1nc(OC)cc(OC)n1. The third-order valence-electron chi connectivity index (χ3n) is 3.30. The number of nitrogens with zero attached hydrogens (tertiary/aromatic N) is 2. The molecule has 0 radical (unpaired) electrons. The molecule has 0 unspecified atom stereocenters. The van der Waals surface area contributed by atoms with Crippen LogP contribution >= 0.6 is 0 Å². The highest BCUT2D eigenvalue weighted by molar-refractivity contribution is 7.92. The Kier molecular flexibility index (Phi) is 6.77. The number of methoxy groups -OCH3 is 3. The summed E-state index contributed by atoms with van der Waals surface area (Å²) >= 11 is 0. The maximum absolute atomic E-state index is 12.4. The first-order valence-corrected chi connectivity index (χ1v) is 9.79. The Morgan fingerprint density at radius 2 is 1.59 bits per heavy atom. The number of sulfonamides is 1. The zero-order chi connectivity index (χ0) is 21.6. The monoisotopic (exact) mass is 425 g/mol. The molecule has 0 bridgehead atoms. The van der Waals surface area contributed by atoms with Crippen molar-refractivity contribution in [1.82, 2.24) is 9.97 Å². The van der Waals surface area contributed by atoms with Crippen molar-refractivity contribution in [3.05, 3.63) is 29.8 Å². The van der Waals surface area contributed by atoms with Gasteiger partial charge >= 0.3 is 12.0 Å². The third kappa shape index (κ3) is 6.21. The highest BCUT2D eigenvalue weighted by atomic mass is 32.2. The number of carbonyl (C=O) groups excluding carboxylic acids is 2. The zero-order valence-corrected chi connectivity index (χ0v) is 16.8. The molecule has 29 heavy (non-hydrogen) atoms. The van der Waals surface area contributed by atoms with Crippen LogP contribution in [0.25, 0.3) is 0 Å². The fourth-order valence-electron chi connectivity index (χ4n) is 2.14. The lowest BCUT2D eigenvalue weighted by Gasteiger charge is -2.13. The minimum Gasteiger partial charge on any atom is -0.481 e. The van der Waals surface area contributed by atoms with E-state index < -0.39 is 22.0 Å². The number of esters is 1.